The van der Waals surface area contributed by atoms with Crippen LogP contribution in [0.15, 0.2) is 71.6 Å². The van der Waals surface area contributed by atoms with Gasteiger partial charge in [0.05, 0.1) is 6.04 Å². The van der Waals surface area contributed by atoms with Crippen molar-refractivity contribution in [3.05, 3.63) is 88.2 Å². The van der Waals surface area contributed by atoms with E-state index in [1.165, 1.54) is 16.5 Å². The van der Waals surface area contributed by atoms with E-state index >= 15 is 0 Å². The highest BCUT2D eigenvalue weighted by Crippen LogP contribution is 2.30. The molecule has 4 aromatic rings. The van der Waals surface area contributed by atoms with Crippen LogP contribution in [0.2, 0.25) is 0 Å². The molecule has 4 nitrogen and oxygen atoms in total. The van der Waals surface area contributed by atoms with Crippen molar-refractivity contribution in [2.75, 3.05) is 5.32 Å². The molecule has 0 aliphatic heterocycles. The van der Waals surface area contributed by atoms with E-state index in [-0.39, 0.29) is 12.5 Å². The second-order valence-electron chi connectivity index (χ2n) is 6.55. The number of thiophene rings is 1. The lowest BCUT2D eigenvalue weighted by Gasteiger charge is -2.20. The number of carboxylic acid groups (broad SMARTS) is 1. The minimum absolute atomic E-state index is 0.0498. The summed E-state index contributed by atoms with van der Waals surface area (Å²) >= 11 is 1.69. The lowest BCUT2D eigenvalue weighted by molar-refractivity contribution is -0.136. The first-order valence-electron chi connectivity index (χ1n) is 8.85. The van der Waals surface area contributed by atoms with Gasteiger partial charge in [0, 0.05) is 23.8 Å². The molecule has 0 radical (unpaired) electrons. The molecule has 1 atom stereocenters. The maximum Gasteiger partial charge on any atom is 0.303 e. The van der Waals surface area contributed by atoms with Crippen molar-refractivity contribution < 1.29 is 9.90 Å². The SMILES string of the molecule is O=C(O)CCc1ccc(NC(c2ccsc2)c2ccc3cc[nH]c3c2)cc1. The van der Waals surface area contributed by atoms with Gasteiger partial charge in [-0.15, -0.1) is 0 Å². The summed E-state index contributed by atoms with van der Waals surface area (Å²) in [6, 6.07) is 18.8. The molecule has 0 spiro atoms. The molecular weight excluding hydrogens is 356 g/mol. The molecular formula is C22H20N2O2S. The number of benzene rings is 2. The van der Waals surface area contributed by atoms with Crippen LogP contribution in [0.4, 0.5) is 5.69 Å². The van der Waals surface area contributed by atoms with E-state index in [1.54, 1.807) is 11.3 Å². The second kappa shape index (κ2) is 7.68. The van der Waals surface area contributed by atoms with Gasteiger partial charge in [0.2, 0.25) is 0 Å². The standard InChI is InChI=1S/C22H20N2O2S/c25-21(26)8-3-15-1-6-19(7-2-15)24-22(18-10-12-27-14-18)17-5-4-16-9-11-23-20(16)13-17/h1-2,4-7,9-14,22-24H,3,8H2,(H,25,26). The quantitative estimate of drug-likeness (QED) is 0.402. The molecule has 0 bridgehead atoms. The number of hydrogen-bond donors (Lipinski definition) is 3. The average molecular weight is 376 g/mol. The van der Waals surface area contributed by atoms with E-state index in [1.807, 2.05) is 30.5 Å². The summed E-state index contributed by atoms with van der Waals surface area (Å²) < 4.78 is 0. The van der Waals surface area contributed by atoms with Crippen LogP contribution < -0.4 is 5.32 Å². The van der Waals surface area contributed by atoms with Crippen LogP contribution in [0.25, 0.3) is 10.9 Å². The van der Waals surface area contributed by atoms with Gasteiger partial charge in [0.25, 0.3) is 0 Å². The molecule has 2 aromatic carbocycles. The Bertz CT molecular complexity index is 1040. The van der Waals surface area contributed by atoms with Crippen LogP contribution in [0.3, 0.4) is 0 Å². The third-order valence-electron chi connectivity index (χ3n) is 4.68. The fourth-order valence-electron chi connectivity index (χ4n) is 3.23. The molecule has 2 aromatic heterocycles. The number of carboxylic acids is 1. The van der Waals surface area contributed by atoms with E-state index in [9.17, 15) is 4.79 Å². The predicted molar refractivity (Wildman–Crippen MR) is 110 cm³/mol. The van der Waals surface area contributed by atoms with Crippen LogP contribution >= 0.6 is 11.3 Å². The Hall–Kier alpha value is -3.05. The number of aryl methyl sites for hydroxylation is 1. The molecule has 4 rings (SSSR count). The molecule has 5 heteroatoms. The number of rotatable bonds is 7. The number of hydrogen-bond acceptors (Lipinski definition) is 3. The Kier molecular flexibility index (Phi) is 4.94. The summed E-state index contributed by atoms with van der Waals surface area (Å²) in [6.07, 6.45) is 2.66. The third-order valence-corrected chi connectivity index (χ3v) is 5.38. The zero-order chi connectivity index (χ0) is 18.6. The molecule has 136 valence electrons. The Balaban J connectivity index is 1.59. The number of carbonyl (C=O) groups is 1. The number of H-pyrrole nitrogens is 1. The summed E-state index contributed by atoms with van der Waals surface area (Å²) in [5.41, 5.74) is 5.58. The predicted octanol–water partition coefficient (Wildman–Crippen LogP) is 5.45. The lowest BCUT2D eigenvalue weighted by Crippen LogP contribution is -2.11. The minimum atomic E-state index is -0.769. The highest BCUT2D eigenvalue weighted by Gasteiger charge is 2.15. The third kappa shape index (κ3) is 4.04. The first-order valence-corrected chi connectivity index (χ1v) is 9.80. The Morgan fingerprint density at radius 1 is 1.07 bits per heavy atom. The summed E-state index contributed by atoms with van der Waals surface area (Å²) in [6.45, 7) is 0. The van der Waals surface area contributed by atoms with Crippen molar-refractivity contribution in [2.24, 2.45) is 0 Å². The highest BCUT2D eigenvalue weighted by molar-refractivity contribution is 7.08. The molecule has 27 heavy (non-hydrogen) atoms. The fourth-order valence-corrected chi connectivity index (χ4v) is 3.92. The van der Waals surface area contributed by atoms with Crippen molar-refractivity contribution in [1.29, 1.82) is 0 Å². The zero-order valence-corrected chi connectivity index (χ0v) is 15.5. The number of fused-ring (bicyclic) bond motifs is 1. The summed E-state index contributed by atoms with van der Waals surface area (Å²) in [5, 5.41) is 17.9. The van der Waals surface area contributed by atoms with Crippen LogP contribution in [-0.2, 0) is 11.2 Å². The molecule has 0 saturated heterocycles. The van der Waals surface area contributed by atoms with Gasteiger partial charge in [-0.1, -0.05) is 24.3 Å². The Morgan fingerprint density at radius 3 is 2.67 bits per heavy atom. The number of aromatic nitrogens is 1. The summed E-state index contributed by atoms with van der Waals surface area (Å²) in [5.74, 6) is -0.769. The van der Waals surface area contributed by atoms with Crippen molar-refractivity contribution in [1.82, 2.24) is 4.98 Å². The maximum absolute atomic E-state index is 10.7. The molecule has 3 N–H and O–H groups in total. The first-order chi connectivity index (χ1) is 13.2. The van der Waals surface area contributed by atoms with Gasteiger partial charge < -0.3 is 15.4 Å². The van der Waals surface area contributed by atoms with Gasteiger partial charge in [0.15, 0.2) is 0 Å². The highest BCUT2D eigenvalue weighted by atomic mass is 32.1. The summed E-state index contributed by atoms with van der Waals surface area (Å²) in [7, 11) is 0. The molecule has 0 aliphatic rings. The van der Waals surface area contributed by atoms with Gasteiger partial charge in [-0.05, 0) is 69.6 Å². The van der Waals surface area contributed by atoms with Crippen molar-refractivity contribution in [2.45, 2.75) is 18.9 Å². The van der Waals surface area contributed by atoms with Crippen LogP contribution in [0.1, 0.15) is 29.2 Å². The van der Waals surface area contributed by atoms with Crippen LogP contribution in [0.5, 0.6) is 0 Å². The monoisotopic (exact) mass is 376 g/mol. The van der Waals surface area contributed by atoms with Crippen molar-refractivity contribution in [3.63, 3.8) is 0 Å². The number of nitrogens with one attached hydrogen (secondary N) is 2. The minimum Gasteiger partial charge on any atom is -0.481 e. The van der Waals surface area contributed by atoms with E-state index in [2.05, 4.69) is 51.4 Å². The number of anilines is 1. The molecule has 0 aliphatic carbocycles. The van der Waals surface area contributed by atoms with E-state index < -0.39 is 5.97 Å². The normalized spacial score (nSPS) is 12.1. The molecule has 0 fully saturated rings. The molecule has 2 heterocycles. The van der Waals surface area contributed by atoms with Crippen LogP contribution in [-0.4, -0.2) is 16.1 Å². The molecule has 0 amide bonds. The van der Waals surface area contributed by atoms with Crippen molar-refractivity contribution >= 4 is 33.9 Å². The van der Waals surface area contributed by atoms with Gasteiger partial charge in [0.1, 0.15) is 0 Å². The number of aromatic amines is 1. The molecule has 1 unspecified atom stereocenters. The van der Waals surface area contributed by atoms with Gasteiger partial charge in [-0.3, -0.25) is 4.79 Å². The van der Waals surface area contributed by atoms with Gasteiger partial charge in [-0.2, -0.15) is 11.3 Å². The van der Waals surface area contributed by atoms with E-state index in [4.69, 9.17) is 5.11 Å². The first kappa shape index (κ1) is 17.4. The number of aliphatic carboxylic acids is 1. The largest absolute Gasteiger partial charge is 0.481 e. The Labute approximate surface area is 161 Å². The maximum atomic E-state index is 10.7. The van der Waals surface area contributed by atoms with E-state index in [0.717, 1.165) is 16.8 Å². The fraction of sp³-hybridized carbons (Fsp3) is 0.136. The van der Waals surface area contributed by atoms with Crippen LogP contribution in [0, 0.1) is 0 Å². The Morgan fingerprint density at radius 2 is 1.93 bits per heavy atom. The molecule has 0 saturated carbocycles. The average Bonchev–Trinajstić information content (AvgIpc) is 3.36. The topological polar surface area (TPSA) is 65.1 Å². The zero-order valence-electron chi connectivity index (χ0n) is 14.7. The van der Waals surface area contributed by atoms with Gasteiger partial charge >= 0.3 is 5.97 Å². The van der Waals surface area contributed by atoms with Crippen molar-refractivity contribution in [3.8, 4) is 0 Å². The smallest absolute Gasteiger partial charge is 0.303 e. The van der Waals surface area contributed by atoms with E-state index in [0.29, 0.717) is 6.42 Å². The van der Waals surface area contributed by atoms with Gasteiger partial charge in [-0.25, -0.2) is 0 Å². The lowest BCUT2D eigenvalue weighted by atomic mass is 9.99. The summed E-state index contributed by atoms with van der Waals surface area (Å²) in [4.78, 5) is 14.0. The second-order valence-corrected chi connectivity index (χ2v) is 7.33.